The zero-order chi connectivity index (χ0) is 10.0. The Morgan fingerprint density at radius 1 is 1.62 bits per heavy atom. The van der Waals surface area contributed by atoms with Gasteiger partial charge in [-0.15, -0.1) is 0 Å². The van der Waals surface area contributed by atoms with Crippen molar-refractivity contribution in [3.05, 3.63) is 21.0 Å². The molecule has 6 heteroatoms. The first-order valence-corrected chi connectivity index (χ1v) is 4.27. The van der Waals surface area contributed by atoms with Crippen molar-refractivity contribution in [2.45, 2.75) is 6.43 Å². The molecule has 1 aromatic rings. The van der Waals surface area contributed by atoms with E-state index in [1.54, 1.807) is 22.6 Å². The third-order valence-electron chi connectivity index (χ3n) is 1.35. The molecule has 0 bridgehead atoms. The Bertz CT molecular complexity index is 344. The van der Waals surface area contributed by atoms with Crippen molar-refractivity contribution >= 4 is 28.9 Å². The first-order valence-electron chi connectivity index (χ1n) is 3.19. The summed E-state index contributed by atoms with van der Waals surface area (Å²) in [7, 11) is 0. The molecule has 13 heavy (non-hydrogen) atoms. The van der Waals surface area contributed by atoms with Crippen LogP contribution in [0.3, 0.4) is 0 Å². The summed E-state index contributed by atoms with van der Waals surface area (Å²) in [4.78, 5) is 13.7. The number of pyridine rings is 1. The second kappa shape index (κ2) is 3.95. The van der Waals surface area contributed by atoms with Crippen molar-refractivity contribution in [1.82, 2.24) is 4.98 Å². The second-order valence-corrected chi connectivity index (χ2v) is 3.29. The Morgan fingerprint density at radius 3 is 2.69 bits per heavy atom. The molecule has 0 aliphatic rings. The number of hydrogen-bond donors (Lipinski definition) is 1. The fourth-order valence-electron chi connectivity index (χ4n) is 0.787. The molecule has 1 rings (SSSR count). The van der Waals surface area contributed by atoms with E-state index >= 15 is 0 Å². The van der Waals surface area contributed by atoms with Crippen LogP contribution in [0.1, 0.15) is 22.5 Å². The van der Waals surface area contributed by atoms with Gasteiger partial charge in [-0.2, -0.15) is 0 Å². The first kappa shape index (κ1) is 10.3. The van der Waals surface area contributed by atoms with Gasteiger partial charge in [-0.3, -0.25) is 4.79 Å². The summed E-state index contributed by atoms with van der Waals surface area (Å²) in [6, 6.07) is 1.23. The number of carbonyl (C=O) groups is 1. The summed E-state index contributed by atoms with van der Waals surface area (Å²) in [6.07, 6.45) is -2.57. The van der Waals surface area contributed by atoms with Crippen molar-refractivity contribution in [2.24, 2.45) is 0 Å². The lowest BCUT2D eigenvalue weighted by molar-refractivity contribution is 0.111. The molecule has 0 aliphatic heterocycles. The van der Waals surface area contributed by atoms with Gasteiger partial charge in [0.2, 0.25) is 0 Å². The van der Waals surface area contributed by atoms with Crippen molar-refractivity contribution < 1.29 is 18.7 Å². The monoisotopic (exact) mass is 299 g/mol. The average Bonchev–Trinajstić information content (AvgIpc) is 2.08. The minimum absolute atomic E-state index is 0.172. The molecule has 0 saturated carbocycles. The maximum absolute atomic E-state index is 12.2. The maximum Gasteiger partial charge on any atom is 0.284 e. The normalized spacial score (nSPS) is 10.5. The van der Waals surface area contributed by atoms with Crippen molar-refractivity contribution in [1.29, 1.82) is 0 Å². The third-order valence-corrected chi connectivity index (χ3v) is 1.90. The van der Waals surface area contributed by atoms with E-state index < -0.39 is 17.9 Å². The maximum atomic E-state index is 12.2. The molecule has 1 aromatic heterocycles. The molecule has 0 unspecified atom stereocenters. The van der Waals surface area contributed by atoms with Crippen LogP contribution >= 0.6 is 22.6 Å². The number of carbonyl (C=O) groups excluding carboxylic acids is 1. The lowest BCUT2D eigenvalue weighted by Gasteiger charge is -2.04. The second-order valence-electron chi connectivity index (χ2n) is 2.19. The zero-order valence-electron chi connectivity index (χ0n) is 6.17. The molecule has 3 nitrogen and oxygen atoms in total. The number of aromatic hydroxyl groups is 1. The fraction of sp³-hybridized carbons (Fsp3) is 0.143. The van der Waals surface area contributed by atoms with E-state index in [2.05, 4.69) is 4.98 Å². The number of aromatic nitrogens is 1. The van der Waals surface area contributed by atoms with Gasteiger partial charge in [-0.05, 0) is 28.7 Å². The smallest absolute Gasteiger partial charge is 0.284 e. The van der Waals surface area contributed by atoms with E-state index in [0.717, 1.165) is 0 Å². The SMILES string of the molecule is O=Cc1cc(I)nc(C(F)F)c1O. The lowest BCUT2D eigenvalue weighted by atomic mass is 10.2. The number of rotatable bonds is 2. The molecule has 0 saturated heterocycles. The molecule has 70 valence electrons. The van der Waals surface area contributed by atoms with E-state index in [0.29, 0.717) is 6.29 Å². The third kappa shape index (κ3) is 2.11. The molecule has 0 amide bonds. The highest BCUT2D eigenvalue weighted by molar-refractivity contribution is 14.1. The molecule has 0 aliphatic carbocycles. The van der Waals surface area contributed by atoms with Crippen LogP contribution < -0.4 is 0 Å². The van der Waals surface area contributed by atoms with Gasteiger partial charge >= 0.3 is 0 Å². The van der Waals surface area contributed by atoms with Crippen LogP contribution in [0.5, 0.6) is 5.75 Å². The van der Waals surface area contributed by atoms with Crippen LogP contribution in [-0.4, -0.2) is 16.4 Å². The highest BCUT2D eigenvalue weighted by atomic mass is 127. The molecule has 0 atom stereocenters. The first-order chi connectivity index (χ1) is 6.06. The van der Waals surface area contributed by atoms with Gasteiger partial charge in [0, 0.05) is 0 Å². The quantitative estimate of drug-likeness (QED) is 0.517. The molecule has 0 spiro atoms. The van der Waals surface area contributed by atoms with E-state index in [4.69, 9.17) is 5.11 Å². The molecule has 1 N–H and O–H groups in total. The zero-order valence-corrected chi connectivity index (χ0v) is 8.33. The Morgan fingerprint density at radius 2 is 2.23 bits per heavy atom. The molecular formula is C7H4F2INO2. The van der Waals surface area contributed by atoms with Crippen LogP contribution in [0.25, 0.3) is 0 Å². The molecule has 0 radical (unpaired) electrons. The topological polar surface area (TPSA) is 50.2 Å². The Labute approximate surface area is 85.9 Å². The Hall–Kier alpha value is -0.790. The van der Waals surface area contributed by atoms with Crippen molar-refractivity contribution in [3.8, 4) is 5.75 Å². The number of alkyl halides is 2. The molecule has 0 fully saturated rings. The number of nitrogens with zero attached hydrogens (tertiary/aromatic N) is 1. The minimum Gasteiger partial charge on any atom is -0.505 e. The van der Waals surface area contributed by atoms with Crippen LogP contribution in [0.15, 0.2) is 6.07 Å². The van der Waals surface area contributed by atoms with Gasteiger partial charge in [0.1, 0.15) is 9.39 Å². The van der Waals surface area contributed by atoms with Gasteiger partial charge in [-0.25, -0.2) is 13.8 Å². The molecule has 0 aromatic carbocycles. The van der Waals surface area contributed by atoms with Crippen molar-refractivity contribution in [2.75, 3.05) is 0 Å². The standard InChI is InChI=1S/C7H4F2INO2/c8-7(9)5-6(13)3(2-12)1-4(10)11-5/h1-2,7,13H. The van der Waals surface area contributed by atoms with Crippen LogP contribution in [0.2, 0.25) is 0 Å². The van der Waals surface area contributed by atoms with Gasteiger partial charge in [0.25, 0.3) is 6.43 Å². The largest absolute Gasteiger partial charge is 0.505 e. The number of aldehydes is 1. The highest BCUT2D eigenvalue weighted by Crippen LogP contribution is 2.29. The van der Waals surface area contributed by atoms with Gasteiger partial charge < -0.3 is 5.11 Å². The molecule has 1 heterocycles. The minimum atomic E-state index is -2.88. The predicted octanol–water partition coefficient (Wildman–Crippen LogP) is 2.14. The van der Waals surface area contributed by atoms with E-state index in [1.165, 1.54) is 6.07 Å². The van der Waals surface area contributed by atoms with Gasteiger partial charge in [0.05, 0.1) is 5.56 Å². The summed E-state index contributed by atoms with van der Waals surface area (Å²) in [5.41, 5.74) is -0.927. The summed E-state index contributed by atoms with van der Waals surface area (Å²) < 4.78 is 24.6. The lowest BCUT2D eigenvalue weighted by Crippen LogP contribution is -1.97. The fourth-order valence-corrected chi connectivity index (χ4v) is 1.38. The van der Waals surface area contributed by atoms with E-state index in [9.17, 15) is 13.6 Å². The summed E-state index contributed by atoms with van der Waals surface area (Å²) in [6.45, 7) is 0. The van der Waals surface area contributed by atoms with Crippen LogP contribution in [-0.2, 0) is 0 Å². The summed E-state index contributed by atoms with van der Waals surface area (Å²) in [5.74, 6) is -0.745. The number of hydrogen-bond acceptors (Lipinski definition) is 3. The van der Waals surface area contributed by atoms with Crippen LogP contribution in [0.4, 0.5) is 8.78 Å². The predicted molar refractivity (Wildman–Crippen MR) is 49.0 cm³/mol. The Balaban J connectivity index is 3.35. The molecular weight excluding hydrogens is 295 g/mol. The Kier molecular flexibility index (Phi) is 3.12. The van der Waals surface area contributed by atoms with Crippen molar-refractivity contribution in [3.63, 3.8) is 0 Å². The number of halogens is 3. The van der Waals surface area contributed by atoms with Gasteiger partial charge in [-0.1, -0.05) is 0 Å². The average molecular weight is 299 g/mol. The summed E-state index contributed by atoms with van der Waals surface area (Å²) >= 11 is 1.69. The van der Waals surface area contributed by atoms with E-state index in [1.807, 2.05) is 0 Å². The summed E-state index contributed by atoms with van der Waals surface area (Å²) in [5, 5.41) is 9.11. The van der Waals surface area contributed by atoms with E-state index in [-0.39, 0.29) is 9.26 Å². The highest BCUT2D eigenvalue weighted by Gasteiger charge is 2.18. The van der Waals surface area contributed by atoms with Crippen LogP contribution in [0, 0.1) is 3.70 Å². The van der Waals surface area contributed by atoms with Gasteiger partial charge in [0.15, 0.2) is 12.0 Å².